The van der Waals surface area contributed by atoms with E-state index in [2.05, 4.69) is 0 Å². The first-order chi connectivity index (χ1) is 10.9. The van der Waals surface area contributed by atoms with E-state index in [0.717, 1.165) is 0 Å². The Morgan fingerprint density at radius 3 is 2.57 bits per heavy atom. The van der Waals surface area contributed by atoms with Crippen LogP contribution in [-0.2, 0) is 10.0 Å². The van der Waals surface area contributed by atoms with Crippen LogP contribution in [0, 0.1) is 0 Å². The van der Waals surface area contributed by atoms with Crippen molar-refractivity contribution in [2.75, 3.05) is 10.8 Å². The van der Waals surface area contributed by atoms with Crippen LogP contribution in [0.1, 0.15) is 34.1 Å². The van der Waals surface area contributed by atoms with Crippen molar-refractivity contribution in [3.05, 3.63) is 59.7 Å². The molecule has 5 nitrogen and oxygen atoms in total. The summed E-state index contributed by atoms with van der Waals surface area (Å²) >= 11 is 0. The molecule has 0 atom stereocenters. The molecule has 6 heteroatoms. The van der Waals surface area contributed by atoms with E-state index < -0.39 is 10.0 Å². The molecule has 1 aliphatic rings. The molecule has 0 unspecified atom stereocenters. The molecule has 2 aromatic carbocycles. The summed E-state index contributed by atoms with van der Waals surface area (Å²) in [7, 11) is -3.83. The molecule has 23 heavy (non-hydrogen) atoms. The normalized spacial score (nSPS) is 14.5. The van der Waals surface area contributed by atoms with Crippen molar-refractivity contribution in [2.45, 2.75) is 18.2 Å². The van der Waals surface area contributed by atoms with Crippen molar-refractivity contribution in [3.63, 3.8) is 0 Å². The first-order valence-corrected chi connectivity index (χ1v) is 8.61. The first kappa shape index (κ1) is 15.4. The maximum Gasteiger partial charge on any atom is 0.264 e. The number of benzene rings is 2. The Morgan fingerprint density at radius 2 is 1.83 bits per heavy atom. The number of hydrogen-bond acceptors (Lipinski definition) is 4. The van der Waals surface area contributed by atoms with Crippen LogP contribution in [0.25, 0.3) is 0 Å². The van der Waals surface area contributed by atoms with Crippen LogP contribution in [-0.4, -0.2) is 26.5 Å². The van der Waals surface area contributed by atoms with Crippen molar-refractivity contribution in [1.29, 1.82) is 0 Å². The van der Waals surface area contributed by atoms with Crippen LogP contribution in [0.2, 0.25) is 0 Å². The van der Waals surface area contributed by atoms with Crippen LogP contribution >= 0.6 is 0 Å². The fraction of sp³-hybridized carbons (Fsp3) is 0.176. The lowest BCUT2D eigenvalue weighted by atomic mass is 10.0. The van der Waals surface area contributed by atoms with Crippen molar-refractivity contribution < 1.29 is 18.0 Å². The SMILES string of the molecule is CC(=O)c1cccc(S(=O)(=O)N2CCC(=O)c3ccccc32)c1. The lowest BCUT2D eigenvalue weighted by molar-refractivity contribution is 0.0980. The molecule has 0 radical (unpaired) electrons. The molecule has 3 rings (SSSR count). The van der Waals surface area contributed by atoms with E-state index in [9.17, 15) is 18.0 Å². The minimum atomic E-state index is -3.83. The van der Waals surface area contributed by atoms with Crippen LogP contribution < -0.4 is 4.31 Å². The van der Waals surface area contributed by atoms with Gasteiger partial charge in [-0.25, -0.2) is 8.42 Å². The minimum absolute atomic E-state index is 0.0503. The summed E-state index contributed by atoms with van der Waals surface area (Å²) < 4.78 is 27.1. The van der Waals surface area contributed by atoms with Crippen molar-refractivity contribution >= 4 is 27.3 Å². The van der Waals surface area contributed by atoms with Gasteiger partial charge in [0.1, 0.15) is 0 Å². The summed E-state index contributed by atoms with van der Waals surface area (Å²) in [4.78, 5) is 23.5. The topological polar surface area (TPSA) is 71.5 Å². The van der Waals surface area contributed by atoms with Gasteiger partial charge >= 0.3 is 0 Å². The van der Waals surface area contributed by atoms with E-state index in [1.807, 2.05) is 0 Å². The minimum Gasteiger partial charge on any atom is -0.295 e. The number of para-hydroxylation sites is 1. The number of nitrogens with zero attached hydrogens (tertiary/aromatic N) is 1. The average Bonchev–Trinajstić information content (AvgIpc) is 2.55. The lowest BCUT2D eigenvalue weighted by Crippen LogP contribution is -2.37. The third-order valence-corrected chi connectivity index (χ3v) is 5.65. The maximum absolute atomic E-state index is 12.9. The standard InChI is InChI=1S/C17H15NO4S/c1-12(19)13-5-4-6-14(11-13)23(21,22)18-10-9-17(20)15-7-2-3-8-16(15)18/h2-8,11H,9-10H2,1H3. The number of fused-ring (bicyclic) bond motifs is 1. The zero-order chi connectivity index (χ0) is 16.6. The number of anilines is 1. The Hall–Kier alpha value is -2.47. The Balaban J connectivity index is 2.11. The lowest BCUT2D eigenvalue weighted by Gasteiger charge is -2.29. The van der Waals surface area contributed by atoms with E-state index in [1.54, 1.807) is 36.4 Å². The van der Waals surface area contributed by atoms with Gasteiger partial charge < -0.3 is 0 Å². The molecule has 0 fully saturated rings. The molecule has 1 heterocycles. The molecule has 0 aliphatic carbocycles. The second-order valence-electron chi connectivity index (χ2n) is 5.35. The molecule has 0 saturated heterocycles. The number of carbonyl (C=O) groups excluding carboxylic acids is 2. The fourth-order valence-corrected chi connectivity index (χ4v) is 4.17. The molecule has 0 saturated carbocycles. The highest BCUT2D eigenvalue weighted by Gasteiger charge is 2.32. The van der Waals surface area contributed by atoms with Gasteiger partial charge in [-0.05, 0) is 31.2 Å². The summed E-state index contributed by atoms with van der Waals surface area (Å²) in [6.45, 7) is 1.49. The summed E-state index contributed by atoms with van der Waals surface area (Å²) in [5.74, 6) is -0.263. The van der Waals surface area contributed by atoms with E-state index in [4.69, 9.17) is 0 Å². The van der Waals surface area contributed by atoms with Crippen LogP contribution in [0.5, 0.6) is 0 Å². The second kappa shape index (κ2) is 5.62. The first-order valence-electron chi connectivity index (χ1n) is 7.17. The molecule has 118 valence electrons. The van der Waals surface area contributed by atoms with Gasteiger partial charge in [-0.1, -0.05) is 24.3 Å². The van der Waals surface area contributed by atoms with Gasteiger partial charge in [0, 0.05) is 24.1 Å². The van der Waals surface area contributed by atoms with E-state index in [1.165, 1.54) is 23.4 Å². The van der Waals surface area contributed by atoms with Gasteiger partial charge in [0.15, 0.2) is 11.6 Å². The Bertz CT molecular complexity index is 902. The molecule has 0 spiro atoms. The summed E-state index contributed by atoms with van der Waals surface area (Å²) in [5.41, 5.74) is 1.13. The number of sulfonamides is 1. The molecule has 0 bridgehead atoms. The average molecular weight is 329 g/mol. The van der Waals surface area contributed by atoms with Crippen LogP contribution in [0.3, 0.4) is 0 Å². The van der Waals surface area contributed by atoms with Gasteiger partial charge in [0.05, 0.1) is 10.6 Å². The molecular weight excluding hydrogens is 314 g/mol. The van der Waals surface area contributed by atoms with E-state index >= 15 is 0 Å². The van der Waals surface area contributed by atoms with E-state index in [0.29, 0.717) is 16.8 Å². The number of rotatable bonds is 3. The fourth-order valence-electron chi connectivity index (χ4n) is 2.64. The highest BCUT2D eigenvalue weighted by Crippen LogP contribution is 2.31. The van der Waals surface area contributed by atoms with Gasteiger partial charge in [0.25, 0.3) is 10.0 Å². The predicted octanol–water partition coefficient (Wildman–Crippen LogP) is 2.67. The third-order valence-electron chi connectivity index (χ3n) is 3.84. The summed E-state index contributed by atoms with van der Waals surface area (Å²) in [6.07, 6.45) is 0.142. The van der Waals surface area contributed by atoms with Gasteiger partial charge in [-0.2, -0.15) is 0 Å². The second-order valence-corrected chi connectivity index (χ2v) is 7.21. The molecule has 0 aromatic heterocycles. The molecule has 0 amide bonds. The summed E-state index contributed by atoms with van der Waals surface area (Å²) in [6, 6.07) is 12.6. The molecule has 2 aromatic rings. The molecule has 0 N–H and O–H groups in total. The largest absolute Gasteiger partial charge is 0.295 e. The highest BCUT2D eigenvalue weighted by atomic mass is 32.2. The maximum atomic E-state index is 12.9. The zero-order valence-electron chi connectivity index (χ0n) is 12.5. The van der Waals surface area contributed by atoms with Gasteiger partial charge in [-0.3, -0.25) is 13.9 Å². The molecule has 1 aliphatic heterocycles. The monoisotopic (exact) mass is 329 g/mol. The zero-order valence-corrected chi connectivity index (χ0v) is 13.3. The summed E-state index contributed by atoms with van der Waals surface area (Å²) in [5, 5.41) is 0. The predicted molar refractivity (Wildman–Crippen MR) is 86.4 cm³/mol. The Kier molecular flexibility index (Phi) is 3.77. The van der Waals surface area contributed by atoms with Crippen LogP contribution in [0.15, 0.2) is 53.4 Å². The smallest absolute Gasteiger partial charge is 0.264 e. The number of hydrogen-bond donors (Lipinski definition) is 0. The van der Waals surface area contributed by atoms with Gasteiger partial charge in [0.2, 0.25) is 0 Å². The number of Topliss-reactive ketones (excluding diaryl/α,β-unsaturated/α-hetero) is 2. The number of carbonyl (C=O) groups is 2. The molecular formula is C17H15NO4S. The van der Waals surface area contributed by atoms with Crippen molar-refractivity contribution in [1.82, 2.24) is 0 Å². The van der Waals surface area contributed by atoms with Crippen LogP contribution in [0.4, 0.5) is 5.69 Å². The van der Waals surface area contributed by atoms with Gasteiger partial charge in [-0.15, -0.1) is 0 Å². The van der Waals surface area contributed by atoms with Crippen molar-refractivity contribution in [2.24, 2.45) is 0 Å². The highest BCUT2D eigenvalue weighted by molar-refractivity contribution is 7.92. The quantitative estimate of drug-likeness (QED) is 0.812. The number of ketones is 2. The Labute approximate surface area is 134 Å². The Morgan fingerprint density at radius 1 is 1.09 bits per heavy atom. The van der Waals surface area contributed by atoms with Crippen molar-refractivity contribution in [3.8, 4) is 0 Å². The third kappa shape index (κ3) is 2.66. The van der Waals surface area contributed by atoms with E-state index in [-0.39, 0.29) is 29.4 Å².